The molecule has 36 heavy (non-hydrogen) atoms. The fraction of sp³-hybridized carbons (Fsp3) is 0.138. The molecule has 3 heterocycles. The van der Waals surface area contributed by atoms with E-state index in [2.05, 4.69) is 29.2 Å². The van der Waals surface area contributed by atoms with E-state index < -0.39 is 0 Å². The van der Waals surface area contributed by atoms with Crippen LogP contribution >= 0.6 is 11.3 Å². The number of nitrogens with zero attached hydrogens (tertiary/aromatic N) is 4. The summed E-state index contributed by atoms with van der Waals surface area (Å²) in [5.74, 6) is 0.972. The van der Waals surface area contributed by atoms with Crippen LogP contribution in [0.3, 0.4) is 0 Å². The van der Waals surface area contributed by atoms with E-state index in [1.54, 1.807) is 24.8 Å². The van der Waals surface area contributed by atoms with E-state index in [1.807, 2.05) is 83.0 Å². The molecule has 0 atom stereocenters. The normalized spacial score (nSPS) is 11.6. The van der Waals surface area contributed by atoms with Crippen molar-refractivity contribution in [3.63, 3.8) is 0 Å². The summed E-state index contributed by atoms with van der Waals surface area (Å²) in [4.78, 5) is 23.7. The van der Waals surface area contributed by atoms with Gasteiger partial charge in [-0.2, -0.15) is 0 Å². The van der Waals surface area contributed by atoms with Gasteiger partial charge in [0.2, 0.25) is 0 Å². The van der Waals surface area contributed by atoms with E-state index in [4.69, 9.17) is 9.73 Å². The number of thiophene rings is 1. The van der Waals surface area contributed by atoms with Crippen LogP contribution in [-0.4, -0.2) is 27.0 Å². The van der Waals surface area contributed by atoms with Crippen molar-refractivity contribution in [3.05, 3.63) is 119 Å². The molecule has 0 N–H and O–H groups in total. The monoisotopic (exact) mass is 494 g/mol. The lowest BCUT2D eigenvalue weighted by atomic mass is 10.1. The van der Waals surface area contributed by atoms with E-state index in [-0.39, 0.29) is 5.78 Å². The third-order valence-corrected chi connectivity index (χ3v) is 6.88. The number of ether oxygens (including phenoxy) is 1. The summed E-state index contributed by atoms with van der Waals surface area (Å²) in [5.41, 5.74) is 4.59. The minimum absolute atomic E-state index is 0.169. The Balaban J connectivity index is 1.31. The number of ketones is 1. The van der Waals surface area contributed by atoms with E-state index in [0.717, 1.165) is 43.7 Å². The molecule has 0 amide bonds. The SMILES string of the molecule is COc1ccc(N=c2ccccn2-c2ccc(-n3cnc(CCC(=O)c4ccc(C)s4)c3)cc2)cc1. The number of pyridine rings is 1. The van der Waals surface area contributed by atoms with E-state index >= 15 is 0 Å². The quantitative estimate of drug-likeness (QED) is 0.245. The molecule has 0 fully saturated rings. The van der Waals surface area contributed by atoms with Crippen molar-refractivity contribution in [2.75, 3.05) is 7.11 Å². The van der Waals surface area contributed by atoms with Crippen molar-refractivity contribution in [1.82, 2.24) is 14.1 Å². The van der Waals surface area contributed by atoms with Crippen LogP contribution in [-0.2, 0) is 6.42 Å². The van der Waals surface area contributed by atoms with Gasteiger partial charge in [-0.25, -0.2) is 9.98 Å². The zero-order valence-corrected chi connectivity index (χ0v) is 21.0. The van der Waals surface area contributed by atoms with Crippen LogP contribution in [0, 0.1) is 6.92 Å². The number of methoxy groups -OCH3 is 1. The summed E-state index contributed by atoms with van der Waals surface area (Å²) in [6.07, 6.45) is 6.86. The predicted molar refractivity (Wildman–Crippen MR) is 143 cm³/mol. The topological polar surface area (TPSA) is 61.4 Å². The molecule has 2 aromatic carbocycles. The van der Waals surface area contributed by atoms with Gasteiger partial charge in [-0.05, 0) is 86.1 Å². The van der Waals surface area contributed by atoms with Crippen LogP contribution < -0.4 is 10.2 Å². The first-order chi connectivity index (χ1) is 17.6. The maximum absolute atomic E-state index is 12.4. The van der Waals surface area contributed by atoms with Crippen LogP contribution in [0.1, 0.15) is 26.7 Å². The van der Waals surface area contributed by atoms with Crippen LogP contribution in [0.2, 0.25) is 0 Å². The zero-order chi connectivity index (χ0) is 24.9. The number of benzene rings is 2. The second kappa shape index (κ2) is 10.6. The Labute approximate surface area is 213 Å². The van der Waals surface area contributed by atoms with Crippen molar-refractivity contribution in [2.45, 2.75) is 19.8 Å². The standard InChI is InChI=1S/C29H26N4O2S/c1-21-6-17-28(36-21)27(34)16-9-23-19-32(20-30-23)24-10-12-25(13-11-24)33-18-4-3-5-29(33)31-22-7-14-26(35-2)15-8-22/h3-8,10-15,17-20H,9,16H2,1-2H3. The van der Waals surface area contributed by atoms with Gasteiger partial charge in [-0.3, -0.25) is 4.79 Å². The first-order valence-electron chi connectivity index (χ1n) is 11.7. The highest BCUT2D eigenvalue weighted by molar-refractivity contribution is 7.14. The minimum Gasteiger partial charge on any atom is -0.497 e. The molecule has 5 rings (SSSR count). The third kappa shape index (κ3) is 5.37. The number of aryl methyl sites for hydroxylation is 2. The van der Waals surface area contributed by atoms with E-state index in [9.17, 15) is 4.79 Å². The van der Waals surface area contributed by atoms with Crippen molar-refractivity contribution in [3.8, 4) is 17.1 Å². The Morgan fingerprint density at radius 3 is 2.47 bits per heavy atom. The molecule has 0 spiro atoms. The summed E-state index contributed by atoms with van der Waals surface area (Å²) in [6.45, 7) is 2.02. The molecule has 7 heteroatoms. The molecular formula is C29H26N4O2S. The molecule has 0 saturated carbocycles. The molecule has 0 radical (unpaired) electrons. The molecule has 5 aromatic rings. The number of aromatic nitrogens is 3. The Hall–Kier alpha value is -4.23. The smallest absolute Gasteiger partial charge is 0.173 e. The first kappa shape index (κ1) is 23.5. The fourth-order valence-electron chi connectivity index (χ4n) is 3.90. The van der Waals surface area contributed by atoms with E-state index in [1.165, 1.54) is 0 Å². The highest BCUT2D eigenvalue weighted by Crippen LogP contribution is 2.19. The second-order valence-corrected chi connectivity index (χ2v) is 9.65. The average Bonchev–Trinajstić information content (AvgIpc) is 3.57. The summed E-state index contributed by atoms with van der Waals surface area (Å²) in [7, 11) is 1.65. The first-order valence-corrected chi connectivity index (χ1v) is 12.5. The maximum Gasteiger partial charge on any atom is 0.173 e. The lowest BCUT2D eigenvalue weighted by Gasteiger charge is -2.09. The predicted octanol–water partition coefficient (Wildman–Crippen LogP) is 6.09. The molecule has 0 unspecified atom stereocenters. The number of Topliss-reactive ketones (excluding diaryl/α,β-unsaturated/α-hetero) is 1. The molecule has 0 aliphatic carbocycles. The number of carbonyl (C=O) groups excluding carboxylic acids is 1. The van der Waals surface area contributed by atoms with Gasteiger partial charge < -0.3 is 13.9 Å². The Morgan fingerprint density at radius 1 is 0.972 bits per heavy atom. The maximum atomic E-state index is 12.4. The number of imidazole rings is 1. The van der Waals surface area contributed by atoms with Crippen LogP contribution in [0.5, 0.6) is 5.75 Å². The van der Waals surface area contributed by atoms with Crippen molar-refractivity contribution in [1.29, 1.82) is 0 Å². The molecule has 180 valence electrons. The van der Waals surface area contributed by atoms with Gasteiger partial charge in [-0.15, -0.1) is 11.3 Å². The Bertz CT molecular complexity index is 1540. The van der Waals surface area contributed by atoms with E-state index in [0.29, 0.717) is 12.8 Å². The number of carbonyl (C=O) groups is 1. The van der Waals surface area contributed by atoms with Crippen molar-refractivity contribution >= 4 is 22.8 Å². The van der Waals surface area contributed by atoms with Crippen molar-refractivity contribution in [2.24, 2.45) is 4.99 Å². The molecule has 6 nitrogen and oxygen atoms in total. The van der Waals surface area contributed by atoms with Crippen LogP contribution in [0.15, 0.2) is 103 Å². The Kier molecular flexibility index (Phi) is 6.91. The Morgan fingerprint density at radius 2 is 1.75 bits per heavy atom. The van der Waals surface area contributed by atoms with Crippen molar-refractivity contribution < 1.29 is 9.53 Å². The largest absolute Gasteiger partial charge is 0.497 e. The summed E-state index contributed by atoms with van der Waals surface area (Å²) < 4.78 is 9.27. The fourth-order valence-corrected chi connectivity index (χ4v) is 4.74. The number of hydrogen-bond acceptors (Lipinski definition) is 5. The summed E-state index contributed by atoms with van der Waals surface area (Å²) in [5, 5.41) is 0. The van der Waals surface area contributed by atoms with Gasteiger partial charge in [0.15, 0.2) is 5.78 Å². The number of hydrogen-bond donors (Lipinski definition) is 0. The lowest BCUT2D eigenvalue weighted by Crippen LogP contribution is -2.17. The zero-order valence-electron chi connectivity index (χ0n) is 20.2. The molecule has 3 aromatic heterocycles. The second-order valence-electron chi connectivity index (χ2n) is 8.36. The van der Waals surface area contributed by atoms with Gasteiger partial charge in [0.25, 0.3) is 0 Å². The summed E-state index contributed by atoms with van der Waals surface area (Å²) in [6, 6.07) is 25.7. The molecule has 0 saturated heterocycles. The van der Waals surface area contributed by atoms with Gasteiger partial charge >= 0.3 is 0 Å². The summed E-state index contributed by atoms with van der Waals surface area (Å²) >= 11 is 1.55. The third-order valence-electron chi connectivity index (χ3n) is 5.84. The van der Waals surface area contributed by atoms with Gasteiger partial charge in [0.05, 0.1) is 29.7 Å². The molecule has 0 aliphatic rings. The molecular weight excluding hydrogens is 468 g/mol. The van der Waals surface area contributed by atoms with Gasteiger partial charge in [0, 0.05) is 35.1 Å². The van der Waals surface area contributed by atoms with Crippen LogP contribution in [0.25, 0.3) is 11.4 Å². The lowest BCUT2D eigenvalue weighted by molar-refractivity contribution is 0.0986. The van der Waals surface area contributed by atoms with Crippen LogP contribution in [0.4, 0.5) is 5.69 Å². The highest BCUT2D eigenvalue weighted by Gasteiger charge is 2.10. The highest BCUT2D eigenvalue weighted by atomic mass is 32.1. The minimum atomic E-state index is 0.169. The number of rotatable bonds is 8. The average molecular weight is 495 g/mol. The molecule has 0 aliphatic heterocycles. The van der Waals surface area contributed by atoms with Gasteiger partial charge in [-0.1, -0.05) is 6.07 Å². The van der Waals surface area contributed by atoms with Gasteiger partial charge in [0.1, 0.15) is 11.2 Å². The molecule has 0 bridgehead atoms.